The third kappa shape index (κ3) is 4.63. The molecule has 6 heteroatoms. The molecule has 0 aliphatic rings. The minimum absolute atomic E-state index is 0.110. The van der Waals surface area contributed by atoms with E-state index in [9.17, 15) is 9.18 Å². The second-order valence-electron chi connectivity index (χ2n) is 5.91. The second-order valence-corrected chi connectivity index (χ2v) is 5.91. The molecule has 0 atom stereocenters. The monoisotopic (exact) mass is 350 g/mol. The number of carbonyl (C=O) groups is 1. The zero-order valence-corrected chi connectivity index (χ0v) is 14.4. The molecular weight excluding hydrogens is 331 g/mol. The molecule has 2 aromatic carbocycles. The zero-order chi connectivity index (χ0) is 18.4. The van der Waals surface area contributed by atoms with Crippen molar-refractivity contribution in [1.82, 2.24) is 15.3 Å². The van der Waals surface area contributed by atoms with Crippen molar-refractivity contribution < 1.29 is 9.18 Å². The number of carbonyl (C=O) groups excluding carboxylic acids is 1. The number of anilines is 1. The lowest BCUT2D eigenvalue weighted by Crippen LogP contribution is -2.23. The van der Waals surface area contributed by atoms with Crippen LogP contribution in [0.5, 0.6) is 0 Å². The molecule has 2 N–H and O–H groups in total. The summed E-state index contributed by atoms with van der Waals surface area (Å²) in [4.78, 5) is 20.4. The second kappa shape index (κ2) is 8.20. The molecule has 3 rings (SSSR count). The first-order valence-electron chi connectivity index (χ1n) is 8.25. The van der Waals surface area contributed by atoms with Crippen LogP contribution in [0.2, 0.25) is 0 Å². The molecule has 0 aliphatic carbocycles. The highest BCUT2D eigenvalue weighted by atomic mass is 19.1. The third-order valence-electron chi connectivity index (χ3n) is 3.88. The maximum Gasteiger partial charge on any atom is 0.254 e. The molecule has 5 nitrogen and oxygen atoms in total. The molecule has 132 valence electrons. The van der Waals surface area contributed by atoms with Gasteiger partial charge in [-0.05, 0) is 18.6 Å². The van der Waals surface area contributed by atoms with Crippen molar-refractivity contribution in [3.63, 3.8) is 0 Å². The molecule has 0 saturated carbocycles. The van der Waals surface area contributed by atoms with Gasteiger partial charge in [0.05, 0.1) is 5.56 Å². The predicted octanol–water partition coefficient (Wildman–Crippen LogP) is 3.47. The van der Waals surface area contributed by atoms with E-state index in [0.29, 0.717) is 23.6 Å². The summed E-state index contributed by atoms with van der Waals surface area (Å²) in [5.41, 5.74) is 3.07. The van der Waals surface area contributed by atoms with Crippen molar-refractivity contribution >= 4 is 11.9 Å². The quantitative estimate of drug-likeness (QED) is 0.714. The maximum absolute atomic E-state index is 13.6. The van der Waals surface area contributed by atoms with Crippen LogP contribution < -0.4 is 10.6 Å². The number of benzene rings is 2. The normalized spacial score (nSPS) is 10.4. The third-order valence-corrected chi connectivity index (χ3v) is 3.88. The van der Waals surface area contributed by atoms with Gasteiger partial charge in [0.15, 0.2) is 0 Å². The fourth-order valence-corrected chi connectivity index (χ4v) is 2.34. The largest absolute Gasteiger partial charge is 0.350 e. The van der Waals surface area contributed by atoms with Crippen LogP contribution in [0, 0.1) is 12.7 Å². The summed E-state index contributed by atoms with van der Waals surface area (Å²) >= 11 is 0. The van der Waals surface area contributed by atoms with E-state index in [-0.39, 0.29) is 18.3 Å². The van der Waals surface area contributed by atoms with Gasteiger partial charge < -0.3 is 10.6 Å². The first-order valence-corrected chi connectivity index (χ1v) is 8.25. The van der Waals surface area contributed by atoms with E-state index in [2.05, 4.69) is 20.6 Å². The number of nitrogens with one attached hydrogen (secondary N) is 2. The number of halogens is 1. The highest BCUT2D eigenvalue weighted by Gasteiger charge is 2.08. The standard InChI is InChI=1S/C20H19FN4O/c1-14-6-8-15(9-7-14)10-23-20-24-12-17(13-25-20)19(26)22-11-16-4-2-3-5-18(16)21/h2-9,12-13H,10-11H2,1H3,(H,22,26)(H,23,24,25). The summed E-state index contributed by atoms with van der Waals surface area (Å²) < 4.78 is 13.6. The number of amides is 1. The van der Waals surface area contributed by atoms with Crippen LogP contribution in [0.15, 0.2) is 60.9 Å². The lowest BCUT2D eigenvalue weighted by Gasteiger charge is -2.07. The zero-order valence-electron chi connectivity index (χ0n) is 14.4. The molecule has 0 bridgehead atoms. The average molecular weight is 350 g/mol. The van der Waals surface area contributed by atoms with Gasteiger partial charge in [-0.1, -0.05) is 48.0 Å². The van der Waals surface area contributed by atoms with Crippen molar-refractivity contribution in [2.75, 3.05) is 5.32 Å². The summed E-state index contributed by atoms with van der Waals surface area (Å²) in [5.74, 6) is -0.255. The molecule has 3 aromatic rings. The summed E-state index contributed by atoms with van der Waals surface area (Å²) in [6.45, 7) is 2.74. The summed E-state index contributed by atoms with van der Waals surface area (Å²) in [7, 11) is 0. The Labute approximate surface area is 151 Å². The van der Waals surface area contributed by atoms with E-state index in [0.717, 1.165) is 5.56 Å². The first kappa shape index (κ1) is 17.5. The van der Waals surface area contributed by atoms with Crippen LogP contribution in [0.1, 0.15) is 27.0 Å². The molecule has 0 spiro atoms. The molecular formula is C20H19FN4O. The minimum atomic E-state index is -0.349. The molecule has 0 fully saturated rings. The number of nitrogens with zero attached hydrogens (tertiary/aromatic N) is 2. The maximum atomic E-state index is 13.6. The van der Waals surface area contributed by atoms with Gasteiger partial charge in [-0.2, -0.15) is 0 Å². The lowest BCUT2D eigenvalue weighted by atomic mass is 10.1. The fourth-order valence-electron chi connectivity index (χ4n) is 2.34. The Morgan fingerprint density at radius 3 is 2.38 bits per heavy atom. The van der Waals surface area contributed by atoms with Gasteiger partial charge in [0.1, 0.15) is 5.82 Å². The Hall–Kier alpha value is -3.28. The van der Waals surface area contributed by atoms with Crippen LogP contribution in [0.4, 0.5) is 10.3 Å². The van der Waals surface area contributed by atoms with E-state index in [1.807, 2.05) is 31.2 Å². The number of aromatic nitrogens is 2. The van der Waals surface area contributed by atoms with Crippen LogP contribution in [-0.2, 0) is 13.1 Å². The molecule has 1 heterocycles. The summed E-state index contributed by atoms with van der Waals surface area (Å²) in [6.07, 6.45) is 2.89. The smallest absolute Gasteiger partial charge is 0.254 e. The minimum Gasteiger partial charge on any atom is -0.350 e. The highest BCUT2D eigenvalue weighted by molar-refractivity contribution is 5.93. The van der Waals surface area contributed by atoms with E-state index >= 15 is 0 Å². The topological polar surface area (TPSA) is 66.9 Å². The van der Waals surface area contributed by atoms with Crippen molar-refractivity contribution in [3.05, 3.63) is 89.0 Å². The Morgan fingerprint density at radius 2 is 1.69 bits per heavy atom. The van der Waals surface area contributed by atoms with Crippen molar-refractivity contribution in [3.8, 4) is 0 Å². The van der Waals surface area contributed by atoms with Gasteiger partial charge in [-0.3, -0.25) is 4.79 Å². The van der Waals surface area contributed by atoms with E-state index in [1.54, 1.807) is 18.2 Å². The number of hydrogen-bond acceptors (Lipinski definition) is 4. The van der Waals surface area contributed by atoms with Crippen LogP contribution in [-0.4, -0.2) is 15.9 Å². The Balaban J connectivity index is 1.54. The lowest BCUT2D eigenvalue weighted by molar-refractivity contribution is 0.0950. The van der Waals surface area contributed by atoms with Gasteiger partial charge in [0, 0.05) is 31.0 Å². The van der Waals surface area contributed by atoms with Crippen LogP contribution >= 0.6 is 0 Å². The first-order chi connectivity index (χ1) is 12.6. The van der Waals surface area contributed by atoms with E-state index < -0.39 is 0 Å². The summed E-state index contributed by atoms with van der Waals surface area (Å²) in [5, 5.41) is 5.77. The Kier molecular flexibility index (Phi) is 5.53. The summed E-state index contributed by atoms with van der Waals surface area (Å²) in [6, 6.07) is 14.5. The van der Waals surface area contributed by atoms with Gasteiger partial charge >= 0.3 is 0 Å². The van der Waals surface area contributed by atoms with Gasteiger partial charge in [-0.25, -0.2) is 14.4 Å². The number of hydrogen-bond donors (Lipinski definition) is 2. The van der Waals surface area contributed by atoms with Crippen molar-refractivity contribution in [2.24, 2.45) is 0 Å². The van der Waals surface area contributed by atoms with E-state index in [1.165, 1.54) is 24.0 Å². The van der Waals surface area contributed by atoms with Crippen molar-refractivity contribution in [2.45, 2.75) is 20.0 Å². The Bertz CT molecular complexity index is 879. The number of aryl methyl sites for hydroxylation is 1. The molecule has 1 aromatic heterocycles. The molecule has 0 aliphatic heterocycles. The van der Waals surface area contributed by atoms with Gasteiger partial charge in [-0.15, -0.1) is 0 Å². The average Bonchev–Trinajstić information content (AvgIpc) is 2.67. The van der Waals surface area contributed by atoms with Crippen LogP contribution in [0.3, 0.4) is 0 Å². The molecule has 0 unspecified atom stereocenters. The van der Waals surface area contributed by atoms with Crippen molar-refractivity contribution in [1.29, 1.82) is 0 Å². The highest BCUT2D eigenvalue weighted by Crippen LogP contribution is 2.08. The molecule has 0 saturated heterocycles. The molecule has 26 heavy (non-hydrogen) atoms. The molecule has 0 radical (unpaired) electrons. The number of rotatable bonds is 6. The molecule has 1 amide bonds. The van der Waals surface area contributed by atoms with Gasteiger partial charge in [0.25, 0.3) is 5.91 Å². The fraction of sp³-hybridized carbons (Fsp3) is 0.150. The van der Waals surface area contributed by atoms with Gasteiger partial charge in [0.2, 0.25) is 5.95 Å². The van der Waals surface area contributed by atoms with E-state index in [4.69, 9.17) is 0 Å². The predicted molar refractivity (Wildman–Crippen MR) is 98.1 cm³/mol. The Morgan fingerprint density at radius 1 is 1.00 bits per heavy atom. The SMILES string of the molecule is Cc1ccc(CNc2ncc(C(=O)NCc3ccccc3F)cn2)cc1. The van der Waals surface area contributed by atoms with Crippen LogP contribution in [0.25, 0.3) is 0 Å².